The second-order valence-corrected chi connectivity index (χ2v) is 5.80. The van der Waals surface area contributed by atoms with Crippen molar-refractivity contribution in [2.24, 2.45) is 0 Å². The lowest BCUT2D eigenvalue weighted by molar-refractivity contribution is 0.101. The molecule has 2 heteroatoms. The van der Waals surface area contributed by atoms with Gasteiger partial charge in [0.2, 0.25) is 0 Å². The van der Waals surface area contributed by atoms with E-state index < -0.39 is 0 Å². The molecule has 114 valence electrons. The predicted octanol–water partition coefficient (Wildman–Crippen LogP) is 4.84. The number of benzene rings is 3. The number of hydrogen-bond acceptors (Lipinski definition) is 2. The van der Waals surface area contributed by atoms with Crippen molar-refractivity contribution < 1.29 is 9.59 Å². The summed E-state index contributed by atoms with van der Waals surface area (Å²) in [7, 11) is 0. The molecule has 0 heterocycles. The molecule has 0 unspecified atom stereocenters. The predicted molar refractivity (Wildman–Crippen MR) is 93.2 cm³/mol. The van der Waals surface area contributed by atoms with Gasteiger partial charge in [-0.2, -0.15) is 0 Å². The van der Waals surface area contributed by atoms with Gasteiger partial charge in [-0.05, 0) is 42.2 Å². The third-order valence-electron chi connectivity index (χ3n) is 4.15. The molecule has 0 atom stereocenters. The smallest absolute Gasteiger partial charge is 0.160 e. The van der Waals surface area contributed by atoms with Crippen molar-refractivity contribution in [2.45, 2.75) is 20.3 Å². The summed E-state index contributed by atoms with van der Waals surface area (Å²) >= 11 is 0. The van der Waals surface area contributed by atoms with Gasteiger partial charge in [-0.1, -0.05) is 60.7 Å². The van der Waals surface area contributed by atoms with Crippen LogP contribution < -0.4 is 0 Å². The van der Waals surface area contributed by atoms with Crippen LogP contribution in [0.15, 0.2) is 60.7 Å². The van der Waals surface area contributed by atoms with E-state index >= 15 is 0 Å². The largest absolute Gasteiger partial charge is 0.295 e. The number of Topliss-reactive ketones (excluding diaryl/α,β-unsaturated/α-hetero) is 2. The second-order valence-electron chi connectivity index (χ2n) is 5.80. The summed E-state index contributed by atoms with van der Waals surface area (Å²) in [5.74, 6) is 0.159. The Morgan fingerprint density at radius 2 is 1.39 bits per heavy atom. The van der Waals surface area contributed by atoms with Crippen LogP contribution >= 0.6 is 0 Å². The molecule has 0 N–H and O–H groups in total. The maximum absolute atomic E-state index is 11.8. The molecule has 0 amide bonds. The Kier molecular flexibility index (Phi) is 4.07. The fraction of sp³-hybridized carbons (Fsp3) is 0.143. The first-order valence-corrected chi connectivity index (χ1v) is 7.67. The van der Waals surface area contributed by atoms with Gasteiger partial charge in [0.05, 0.1) is 0 Å². The summed E-state index contributed by atoms with van der Waals surface area (Å²) in [6, 6.07) is 19.6. The Balaban J connectivity index is 2.02. The van der Waals surface area contributed by atoms with Crippen LogP contribution in [0.4, 0.5) is 0 Å². The van der Waals surface area contributed by atoms with Crippen LogP contribution in [0.5, 0.6) is 0 Å². The molecule has 3 aromatic carbocycles. The highest BCUT2D eigenvalue weighted by Crippen LogP contribution is 2.25. The highest BCUT2D eigenvalue weighted by Gasteiger charge is 2.09. The van der Waals surface area contributed by atoms with Gasteiger partial charge in [0, 0.05) is 11.1 Å². The zero-order chi connectivity index (χ0) is 16.4. The van der Waals surface area contributed by atoms with Crippen LogP contribution in [0.1, 0.15) is 45.7 Å². The summed E-state index contributed by atoms with van der Waals surface area (Å²) in [5.41, 5.74) is 3.82. The van der Waals surface area contributed by atoms with Crippen LogP contribution in [0.2, 0.25) is 0 Å². The minimum absolute atomic E-state index is 0.0767. The van der Waals surface area contributed by atoms with Crippen molar-refractivity contribution in [3.63, 3.8) is 0 Å². The molecule has 3 rings (SSSR count). The SMILES string of the molecule is CC(=O)c1ccc(Cc2ccc(C(C)=O)c3ccccc23)cc1. The van der Waals surface area contributed by atoms with Crippen molar-refractivity contribution in [1.82, 2.24) is 0 Å². The number of carbonyl (C=O) groups is 2. The number of carbonyl (C=O) groups excluding carboxylic acids is 2. The first-order valence-electron chi connectivity index (χ1n) is 7.67. The van der Waals surface area contributed by atoms with E-state index in [-0.39, 0.29) is 11.6 Å². The highest BCUT2D eigenvalue weighted by molar-refractivity contribution is 6.07. The van der Waals surface area contributed by atoms with Crippen LogP contribution in [-0.4, -0.2) is 11.6 Å². The zero-order valence-corrected chi connectivity index (χ0v) is 13.3. The van der Waals surface area contributed by atoms with E-state index in [1.54, 1.807) is 13.8 Å². The molecule has 3 aromatic rings. The fourth-order valence-corrected chi connectivity index (χ4v) is 2.90. The third kappa shape index (κ3) is 3.07. The Labute approximate surface area is 135 Å². The molecule has 0 aliphatic rings. The quantitative estimate of drug-likeness (QED) is 0.646. The van der Waals surface area contributed by atoms with Crippen LogP contribution in [0.3, 0.4) is 0 Å². The number of ketones is 2. The highest BCUT2D eigenvalue weighted by atomic mass is 16.1. The van der Waals surface area contributed by atoms with Crippen molar-refractivity contribution >= 4 is 22.3 Å². The van der Waals surface area contributed by atoms with Crippen molar-refractivity contribution in [3.8, 4) is 0 Å². The molecule has 0 aliphatic carbocycles. The lowest BCUT2D eigenvalue weighted by Gasteiger charge is -2.10. The van der Waals surface area contributed by atoms with Gasteiger partial charge in [-0.3, -0.25) is 9.59 Å². The standard InChI is InChI=1S/C21H18O2/c1-14(22)17-9-7-16(8-10-17)13-18-11-12-19(15(2)23)21-6-4-3-5-20(18)21/h3-12H,13H2,1-2H3. The zero-order valence-electron chi connectivity index (χ0n) is 13.3. The second kappa shape index (κ2) is 6.17. The lowest BCUT2D eigenvalue weighted by Crippen LogP contribution is -1.98. The molecule has 2 nitrogen and oxygen atoms in total. The first-order chi connectivity index (χ1) is 11.1. The molecule has 0 spiro atoms. The van der Waals surface area contributed by atoms with Crippen LogP contribution in [0.25, 0.3) is 10.8 Å². The van der Waals surface area contributed by atoms with Gasteiger partial charge in [0.25, 0.3) is 0 Å². The number of rotatable bonds is 4. The van der Waals surface area contributed by atoms with Gasteiger partial charge >= 0.3 is 0 Å². The third-order valence-corrected chi connectivity index (χ3v) is 4.15. The maximum Gasteiger partial charge on any atom is 0.160 e. The average molecular weight is 302 g/mol. The average Bonchev–Trinajstić information content (AvgIpc) is 2.55. The molecular weight excluding hydrogens is 284 g/mol. The van der Waals surface area contributed by atoms with E-state index in [0.717, 1.165) is 33.9 Å². The molecule has 0 saturated carbocycles. The van der Waals surface area contributed by atoms with Crippen molar-refractivity contribution in [3.05, 3.63) is 82.9 Å². The summed E-state index contributed by atoms with van der Waals surface area (Å²) in [6.07, 6.45) is 0.775. The molecule has 0 fully saturated rings. The Morgan fingerprint density at radius 3 is 2.00 bits per heavy atom. The Morgan fingerprint density at radius 1 is 0.739 bits per heavy atom. The Bertz CT molecular complexity index is 889. The molecule has 0 bridgehead atoms. The summed E-state index contributed by atoms with van der Waals surface area (Å²) < 4.78 is 0. The monoisotopic (exact) mass is 302 g/mol. The molecule has 0 saturated heterocycles. The van der Waals surface area contributed by atoms with E-state index in [4.69, 9.17) is 0 Å². The van der Waals surface area contributed by atoms with E-state index in [1.165, 1.54) is 5.56 Å². The van der Waals surface area contributed by atoms with Gasteiger partial charge in [-0.25, -0.2) is 0 Å². The summed E-state index contributed by atoms with van der Waals surface area (Å²) in [4.78, 5) is 23.2. The van der Waals surface area contributed by atoms with E-state index in [0.29, 0.717) is 0 Å². The molecule has 0 radical (unpaired) electrons. The number of hydrogen-bond donors (Lipinski definition) is 0. The summed E-state index contributed by atoms with van der Waals surface area (Å²) in [6.45, 7) is 3.17. The van der Waals surface area contributed by atoms with E-state index in [2.05, 4.69) is 6.07 Å². The van der Waals surface area contributed by atoms with Gasteiger partial charge in [0.15, 0.2) is 11.6 Å². The van der Waals surface area contributed by atoms with Gasteiger partial charge in [0.1, 0.15) is 0 Å². The van der Waals surface area contributed by atoms with E-state index in [9.17, 15) is 9.59 Å². The van der Waals surface area contributed by atoms with E-state index in [1.807, 2.05) is 54.6 Å². The topological polar surface area (TPSA) is 34.1 Å². The Hall–Kier alpha value is -2.74. The van der Waals surface area contributed by atoms with Crippen LogP contribution in [-0.2, 0) is 6.42 Å². The molecular formula is C21H18O2. The maximum atomic E-state index is 11.8. The molecule has 0 aliphatic heterocycles. The van der Waals surface area contributed by atoms with Gasteiger partial charge in [-0.15, -0.1) is 0 Å². The van der Waals surface area contributed by atoms with Crippen molar-refractivity contribution in [2.75, 3.05) is 0 Å². The number of fused-ring (bicyclic) bond motifs is 1. The first kappa shape index (κ1) is 15.2. The minimum Gasteiger partial charge on any atom is -0.295 e. The lowest BCUT2D eigenvalue weighted by atomic mass is 9.94. The fourth-order valence-electron chi connectivity index (χ4n) is 2.90. The normalized spacial score (nSPS) is 10.7. The van der Waals surface area contributed by atoms with Crippen LogP contribution in [0, 0.1) is 0 Å². The van der Waals surface area contributed by atoms with Gasteiger partial charge < -0.3 is 0 Å². The minimum atomic E-state index is 0.0767. The van der Waals surface area contributed by atoms with Crippen molar-refractivity contribution in [1.29, 1.82) is 0 Å². The molecule has 0 aromatic heterocycles. The molecule has 23 heavy (non-hydrogen) atoms. The summed E-state index contributed by atoms with van der Waals surface area (Å²) in [5, 5.41) is 2.11.